The highest BCUT2D eigenvalue weighted by Gasteiger charge is 2.30. The number of hydrogen-bond acceptors (Lipinski definition) is 2. The van der Waals surface area contributed by atoms with Crippen LogP contribution >= 0.6 is 0 Å². The number of carbonyl (C=O) groups excluding carboxylic acids is 1. The Hall–Kier alpha value is -0.570. The lowest BCUT2D eigenvalue weighted by Gasteiger charge is -2.38. The second kappa shape index (κ2) is 6.24. The van der Waals surface area contributed by atoms with E-state index < -0.39 is 0 Å². The van der Waals surface area contributed by atoms with E-state index in [0.717, 1.165) is 18.4 Å². The van der Waals surface area contributed by atoms with Crippen molar-refractivity contribution in [1.29, 1.82) is 0 Å². The zero-order valence-corrected chi connectivity index (χ0v) is 11.0. The Morgan fingerprint density at radius 1 is 1.25 bits per heavy atom. The van der Waals surface area contributed by atoms with Crippen LogP contribution in [0.5, 0.6) is 0 Å². The Labute approximate surface area is 99.4 Å². The minimum absolute atomic E-state index is 0.127. The van der Waals surface area contributed by atoms with Crippen molar-refractivity contribution in [3.63, 3.8) is 0 Å². The second-order valence-corrected chi connectivity index (χ2v) is 5.75. The number of amides is 1. The summed E-state index contributed by atoms with van der Waals surface area (Å²) in [7, 11) is 0. The molecule has 2 N–H and O–H groups in total. The average molecular weight is 226 g/mol. The number of hydrogen-bond donors (Lipinski definition) is 2. The quantitative estimate of drug-likeness (QED) is 0.725. The van der Waals surface area contributed by atoms with Crippen LogP contribution in [0.3, 0.4) is 0 Å². The normalized spacial score (nSPS) is 24.6. The summed E-state index contributed by atoms with van der Waals surface area (Å²) in [5, 5.41) is 6.23. The molecule has 0 aromatic heterocycles. The van der Waals surface area contributed by atoms with Crippen molar-refractivity contribution in [2.45, 2.75) is 46.6 Å². The van der Waals surface area contributed by atoms with E-state index in [4.69, 9.17) is 0 Å². The average Bonchev–Trinajstić information content (AvgIpc) is 2.11. The van der Waals surface area contributed by atoms with E-state index in [1.54, 1.807) is 0 Å². The molecule has 3 nitrogen and oxygen atoms in total. The van der Waals surface area contributed by atoms with Crippen LogP contribution in [0, 0.1) is 17.8 Å². The summed E-state index contributed by atoms with van der Waals surface area (Å²) in [5.41, 5.74) is 0. The van der Waals surface area contributed by atoms with E-state index in [0.29, 0.717) is 18.5 Å². The Bertz CT molecular complexity index is 220. The van der Waals surface area contributed by atoms with Crippen molar-refractivity contribution in [3.8, 4) is 0 Å². The number of nitrogens with one attached hydrogen (secondary N) is 2. The Kier molecular flexibility index (Phi) is 5.26. The van der Waals surface area contributed by atoms with Gasteiger partial charge in [0.15, 0.2) is 0 Å². The van der Waals surface area contributed by atoms with Crippen LogP contribution in [0.15, 0.2) is 0 Å². The van der Waals surface area contributed by atoms with Gasteiger partial charge in [-0.2, -0.15) is 0 Å². The first-order valence-electron chi connectivity index (χ1n) is 6.49. The van der Waals surface area contributed by atoms with Crippen molar-refractivity contribution < 1.29 is 4.79 Å². The first-order chi connectivity index (χ1) is 7.49. The number of rotatable bonds is 6. The summed E-state index contributed by atoms with van der Waals surface area (Å²) in [6, 6.07) is 0.567. The molecular weight excluding hydrogens is 200 g/mol. The maximum atomic E-state index is 11.4. The topological polar surface area (TPSA) is 41.1 Å². The minimum Gasteiger partial charge on any atom is -0.355 e. The third-order valence-electron chi connectivity index (χ3n) is 3.38. The fourth-order valence-electron chi connectivity index (χ4n) is 1.99. The molecule has 94 valence electrons. The molecule has 0 bridgehead atoms. The maximum Gasteiger partial charge on any atom is 0.233 e. The van der Waals surface area contributed by atoms with Crippen LogP contribution in [0.4, 0.5) is 0 Å². The molecule has 0 aliphatic heterocycles. The highest BCUT2D eigenvalue weighted by atomic mass is 16.1. The Morgan fingerprint density at radius 3 is 2.38 bits per heavy atom. The molecular formula is C13H26N2O. The van der Waals surface area contributed by atoms with E-state index in [1.807, 2.05) is 0 Å². The first kappa shape index (κ1) is 13.5. The fraction of sp³-hybridized carbons (Fsp3) is 0.923. The van der Waals surface area contributed by atoms with Gasteiger partial charge >= 0.3 is 0 Å². The summed E-state index contributed by atoms with van der Waals surface area (Å²) in [5.74, 6) is 2.30. The SMILES string of the molecule is CC(C)CNC(=O)CNC1CC(C(C)C)C1. The Balaban J connectivity index is 2.02. The molecule has 0 spiro atoms. The predicted octanol–water partition coefficient (Wildman–Crippen LogP) is 1.78. The van der Waals surface area contributed by atoms with Crippen LogP contribution in [0.2, 0.25) is 0 Å². The van der Waals surface area contributed by atoms with Crippen LogP contribution in [0.1, 0.15) is 40.5 Å². The third-order valence-corrected chi connectivity index (χ3v) is 3.38. The van der Waals surface area contributed by atoms with Crippen molar-refractivity contribution in [1.82, 2.24) is 10.6 Å². The van der Waals surface area contributed by atoms with Crippen LogP contribution in [0.25, 0.3) is 0 Å². The minimum atomic E-state index is 0.127. The molecule has 1 amide bonds. The van der Waals surface area contributed by atoms with Gasteiger partial charge in [0.1, 0.15) is 0 Å². The van der Waals surface area contributed by atoms with Gasteiger partial charge in [-0.3, -0.25) is 4.79 Å². The summed E-state index contributed by atoms with van der Waals surface area (Å²) in [4.78, 5) is 11.4. The van der Waals surface area contributed by atoms with E-state index in [2.05, 4.69) is 38.3 Å². The lowest BCUT2D eigenvalue weighted by Crippen LogP contribution is -2.47. The molecule has 1 rings (SSSR count). The van der Waals surface area contributed by atoms with E-state index in [9.17, 15) is 4.79 Å². The lowest BCUT2D eigenvalue weighted by molar-refractivity contribution is -0.120. The molecule has 0 heterocycles. The van der Waals surface area contributed by atoms with Gasteiger partial charge in [-0.1, -0.05) is 27.7 Å². The smallest absolute Gasteiger partial charge is 0.233 e. The van der Waals surface area contributed by atoms with Crippen LogP contribution in [-0.2, 0) is 4.79 Å². The monoisotopic (exact) mass is 226 g/mol. The Morgan fingerprint density at radius 2 is 1.88 bits per heavy atom. The predicted molar refractivity (Wildman–Crippen MR) is 67.2 cm³/mol. The zero-order chi connectivity index (χ0) is 12.1. The van der Waals surface area contributed by atoms with Gasteiger partial charge in [-0.15, -0.1) is 0 Å². The van der Waals surface area contributed by atoms with Crippen LogP contribution in [-0.4, -0.2) is 25.0 Å². The lowest BCUT2D eigenvalue weighted by atomic mass is 9.74. The molecule has 0 radical (unpaired) electrons. The second-order valence-electron chi connectivity index (χ2n) is 5.75. The van der Waals surface area contributed by atoms with Gasteiger partial charge in [0, 0.05) is 12.6 Å². The summed E-state index contributed by atoms with van der Waals surface area (Å²) in [6.45, 7) is 10.0. The molecule has 0 aromatic rings. The van der Waals surface area contributed by atoms with Crippen LogP contribution < -0.4 is 10.6 Å². The molecule has 0 unspecified atom stereocenters. The largest absolute Gasteiger partial charge is 0.355 e. The number of carbonyl (C=O) groups is 1. The summed E-state index contributed by atoms with van der Waals surface area (Å²) in [6.07, 6.45) is 2.46. The van der Waals surface area contributed by atoms with Crippen molar-refractivity contribution in [2.24, 2.45) is 17.8 Å². The van der Waals surface area contributed by atoms with Crippen molar-refractivity contribution >= 4 is 5.91 Å². The molecule has 3 heteroatoms. The fourth-order valence-corrected chi connectivity index (χ4v) is 1.99. The molecule has 0 saturated heterocycles. The molecule has 1 aliphatic carbocycles. The molecule has 16 heavy (non-hydrogen) atoms. The molecule has 0 aromatic carbocycles. The standard InChI is InChI=1S/C13H26N2O/c1-9(2)7-15-13(16)8-14-12-5-11(6-12)10(3)4/h9-12,14H,5-8H2,1-4H3,(H,15,16). The van der Waals surface area contributed by atoms with E-state index in [1.165, 1.54) is 12.8 Å². The molecule has 1 aliphatic rings. The van der Waals surface area contributed by atoms with E-state index in [-0.39, 0.29) is 5.91 Å². The van der Waals surface area contributed by atoms with Crippen molar-refractivity contribution in [3.05, 3.63) is 0 Å². The van der Waals surface area contributed by atoms with Gasteiger partial charge < -0.3 is 10.6 Å². The van der Waals surface area contributed by atoms with Gasteiger partial charge in [0.2, 0.25) is 5.91 Å². The first-order valence-corrected chi connectivity index (χ1v) is 6.49. The maximum absolute atomic E-state index is 11.4. The van der Waals surface area contributed by atoms with Gasteiger partial charge in [0.05, 0.1) is 6.54 Å². The molecule has 0 atom stereocenters. The zero-order valence-electron chi connectivity index (χ0n) is 11.0. The van der Waals surface area contributed by atoms with Gasteiger partial charge in [0.25, 0.3) is 0 Å². The highest BCUT2D eigenvalue weighted by Crippen LogP contribution is 2.33. The third kappa shape index (κ3) is 4.52. The highest BCUT2D eigenvalue weighted by molar-refractivity contribution is 5.78. The molecule has 1 saturated carbocycles. The summed E-state index contributed by atoms with van der Waals surface area (Å²) < 4.78 is 0. The van der Waals surface area contributed by atoms with Crippen molar-refractivity contribution in [2.75, 3.05) is 13.1 Å². The van der Waals surface area contributed by atoms with E-state index >= 15 is 0 Å². The van der Waals surface area contributed by atoms with Gasteiger partial charge in [-0.05, 0) is 30.6 Å². The van der Waals surface area contributed by atoms with Gasteiger partial charge in [-0.25, -0.2) is 0 Å². The molecule has 1 fully saturated rings. The summed E-state index contributed by atoms with van der Waals surface area (Å²) >= 11 is 0.